The van der Waals surface area contributed by atoms with Crippen LogP contribution in [0.5, 0.6) is 0 Å². The van der Waals surface area contributed by atoms with Crippen molar-refractivity contribution in [3.05, 3.63) is 0 Å². The highest BCUT2D eigenvalue weighted by Crippen LogP contribution is 1.98. The van der Waals surface area contributed by atoms with E-state index in [1.165, 1.54) is 0 Å². The summed E-state index contributed by atoms with van der Waals surface area (Å²) in [5, 5.41) is 22.7. The Labute approximate surface area is 100 Å². The third-order valence-electron chi connectivity index (χ3n) is 0.301. The fraction of sp³-hybridized carbons (Fsp3) is 0.500. The Balaban J connectivity index is -0.000000147. The summed E-state index contributed by atoms with van der Waals surface area (Å²) < 4.78 is 0. The molecule has 0 rings (SSSR count). The maximum Gasteiger partial charge on any atom is 0.337 e. The second-order valence-electron chi connectivity index (χ2n) is 1.69. The van der Waals surface area contributed by atoms with Gasteiger partial charge in [-0.1, -0.05) is 23.2 Å². The van der Waals surface area contributed by atoms with E-state index in [4.69, 9.17) is 54.9 Å². The number of carboxylic acids is 3. The van der Waals surface area contributed by atoms with Crippen LogP contribution in [0.15, 0.2) is 0 Å². The molecule has 0 unspecified atom stereocenters. The van der Waals surface area contributed by atoms with E-state index in [-0.39, 0.29) is 5.88 Å². The van der Waals surface area contributed by atoms with Gasteiger partial charge in [0.1, 0.15) is 5.88 Å². The maximum absolute atomic E-state index is 9.44. The Morgan fingerprint density at radius 2 is 1.27 bits per heavy atom. The summed E-state index contributed by atoms with van der Waals surface area (Å²) in [7, 11) is 0. The van der Waals surface area contributed by atoms with Crippen molar-refractivity contribution in [3.8, 4) is 0 Å². The molecule has 0 aliphatic heterocycles. The molecule has 0 aromatic rings. The molecule has 0 aliphatic carbocycles. The molecule has 0 aromatic heterocycles. The number of hydrogen-bond donors (Lipinski definition) is 3. The Morgan fingerprint density at radius 1 is 1.13 bits per heavy atom. The largest absolute Gasteiger partial charge is 0.481 e. The van der Waals surface area contributed by atoms with Crippen molar-refractivity contribution in [2.75, 3.05) is 5.88 Å². The van der Waals surface area contributed by atoms with Crippen LogP contribution in [0.4, 0.5) is 0 Å². The molecule has 90 valence electrons. The average molecular weight is 283 g/mol. The Bertz CT molecular complexity index is 201. The fourth-order valence-corrected chi connectivity index (χ4v) is 0. The quantitative estimate of drug-likeness (QED) is 0.658. The third-order valence-corrected chi connectivity index (χ3v) is 0.903. The van der Waals surface area contributed by atoms with E-state index in [2.05, 4.69) is 0 Å². The van der Waals surface area contributed by atoms with E-state index in [1.807, 2.05) is 0 Å². The van der Waals surface area contributed by atoms with Crippen LogP contribution in [-0.4, -0.2) is 43.9 Å². The van der Waals surface area contributed by atoms with Crippen molar-refractivity contribution in [2.45, 2.75) is 11.8 Å². The summed E-state index contributed by atoms with van der Waals surface area (Å²) in [4.78, 5) is 26.4. The summed E-state index contributed by atoms with van der Waals surface area (Å²) >= 11 is 14.3. The first-order chi connectivity index (χ1) is 6.64. The van der Waals surface area contributed by atoms with Crippen molar-refractivity contribution in [1.29, 1.82) is 0 Å². The zero-order valence-corrected chi connectivity index (χ0v) is 9.75. The minimum atomic E-state index is -1.29. The predicted molar refractivity (Wildman–Crippen MR) is 54.8 cm³/mol. The smallest absolute Gasteiger partial charge is 0.337 e. The van der Waals surface area contributed by atoms with E-state index < -0.39 is 22.7 Å². The fourth-order valence-electron chi connectivity index (χ4n) is 0. The van der Waals surface area contributed by atoms with Crippen molar-refractivity contribution in [2.24, 2.45) is 0 Å². The molecule has 0 fully saturated rings. The monoisotopic (exact) mass is 282 g/mol. The average Bonchev–Trinajstić information content (AvgIpc) is 2.04. The Kier molecular flexibility index (Phi) is 17.5. The molecule has 0 saturated carbocycles. The maximum atomic E-state index is 9.44. The number of carboxylic acid groups (broad SMARTS) is 3. The molecule has 0 amide bonds. The summed E-state index contributed by atoms with van der Waals surface area (Å²) in [6, 6.07) is 0. The van der Waals surface area contributed by atoms with Crippen molar-refractivity contribution in [1.82, 2.24) is 0 Å². The predicted octanol–water partition coefficient (Wildman–Crippen LogP) is 1.28. The van der Waals surface area contributed by atoms with Crippen molar-refractivity contribution in [3.63, 3.8) is 0 Å². The van der Waals surface area contributed by atoms with Gasteiger partial charge in [-0.2, -0.15) is 0 Å². The lowest BCUT2D eigenvalue weighted by molar-refractivity contribution is -0.135. The van der Waals surface area contributed by atoms with Crippen LogP contribution in [-0.2, 0) is 14.4 Å². The number of hydrogen-bond acceptors (Lipinski definition) is 3. The lowest BCUT2D eigenvalue weighted by Crippen LogP contribution is -2.03. The van der Waals surface area contributed by atoms with Gasteiger partial charge in [0.15, 0.2) is 0 Å². The summed E-state index contributed by atoms with van der Waals surface area (Å²) in [6.07, 6.45) is 0. The molecule has 0 heterocycles. The molecule has 9 heteroatoms. The van der Waals surface area contributed by atoms with E-state index in [9.17, 15) is 9.59 Å². The topological polar surface area (TPSA) is 112 Å². The van der Waals surface area contributed by atoms with Gasteiger partial charge >= 0.3 is 11.9 Å². The lowest BCUT2D eigenvalue weighted by atomic mass is 10.8. The van der Waals surface area contributed by atoms with Crippen molar-refractivity contribution < 1.29 is 29.7 Å². The third kappa shape index (κ3) is 60.6. The van der Waals surface area contributed by atoms with Crippen LogP contribution in [0.3, 0.4) is 0 Å². The minimum absolute atomic E-state index is 0.306. The van der Waals surface area contributed by atoms with Crippen LogP contribution in [0.25, 0.3) is 0 Å². The Morgan fingerprint density at radius 3 is 1.27 bits per heavy atom. The van der Waals surface area contributed by atoms with Gasteiger partial charge in [0, 0.05) is 6.92 Å². The van der Waals surface area contributed by atoms with Crippen LogP contribution < -0.4 is 0 Å². The molecule has 0 bridgehead atoms. The van der Waals surface area contributed by atoms with Crippen LogP contribution in [0.1, 0.15) is 6.92 Å². The molecule has 0 radical (unpaired) electrons. The van der Waals surface area contributed by atoms with Gasteiger partial charge < -0.3 is 15.3 Å². The second-order valence-corrected chi connectivity index (χ2v) is 3.05. The van der Waals surface area contributed by atoms with Gasteiger partial charge in [-0.05, 0) is 0 Å². The summed E-state index contributed by atoms with van der Waals surface area (Å²) in [5.41, 5.74) is 0. The highest BCUT2D eigenvalue weighted by Gasteiger charge is 2.05. The van der Waals surface area contributed by atoms with Crippen LogP contribution >= 0.6 is 34.8 Å². The van der Waals surface area contributed by atoms with E-state index in [1.54, 1.807) is 0 Å². The normalized spacial score (nSPS) is 7.80. The molecule has 0 spiro atoms. The van der Waals surface area contributed by atoms with Crippen LogP contribution in [0, 0.1) is 0 Å². The first kappa shape index (κ1) is 19.8. The van der Waals surface area contributed by atoms with Gasteiger partial charge in [-0.15, -0.1) is 11.6 Å². The van der Waals surface area contributed by atoms with Gasteiger partial charge in [-0.25, -0.2) is 4.79 Å². The minimum Gasteiger partial charge on any atom is -0.481 e. The summed E-state index contributed by atoms with van der Waals surface area (Å²) in [6.45, 7) is 1.08. The zero-order chi connectivity index (χ0) is 13.0. The van der Waals surface area contributed by atoms with E-state index in [0.717, 1.165) is 6.92 Å². The zero-order valence-electron chi connectivity index (χ0n) is 7.48. The standard InChI is InChI=1S/C2H2Cl2O2.C2H3ClO2.C2H4O2/c3-1(4)2(5)6;3-1-2(4)5;1-2(3)4/h1H,(H,5,6);1H2,(H,4,5);1H3,(H,3,4). The van der Waals surface area contributed by atoms with E-state index in [0.29, 0.717) is 0 Å². The molecular weight excluding hydrogens is 274 g/mol. The number of aliphatic carboxylic acids is 3. The highest BCUT2D eigenvalue weighted by atomic mass is 35.5. The number of rotatable bonds is 2. The van der Waals surface area contributed by atoms with Crippen molar-refractivity contribution >= 4 is 52.7 Å². The molecule has 0 saturated heterocycles. The van der Waals surface area contributed by atoms with Gasteiger partial charge in [0.25, 0.3) is 5.97 Å². The van der Waals surface area contributed by atoms with Gasteiger partial charge in [0.2, 0.25) is 4.84 Å². The SMILES string of the molecule is CC(=O)O.O=C(O)C(Cl)Cl.O=C(O)CCl. The molecular formula is C6H9Cl3O6. The molecule has 0 aromatic carbocycles. The lowest BCUT2D eigenvalue weighted by Gasteiger charge is -1.84. The highest BCUT2D eigenvalue weighted by molar-refractivity contribution is 6.52. The van der Waals surface area contributed by atoms with Crippen LogP contribution in [0.2, 0.25) is 0 Å². The number of alkyl halides is 3. The first-order valence-corrected chi connectivity index (χ1v) is 4.54. The molecule has 15 heavy (non-hydrogen) atoms. The van der Waals surface area contributed by atoms with Gasteiger partial charge in [0.05, 0.1) is 0 Å². The molecule has 0 atom stereocenters. The second kappa shape index (κ2) is 13.3. The van der Waals surface area contributed by atoms with Gasteiger partial charge in [-0.3, -0.25) is 9.59 Å². The molecule has 6 nitrogen and oxygen atoms in total. The number of carbonyl (C=O) groups is 3. The molecule has 0 aliphatic rings. The first-order valence-electron chi connectivity index (χ1n) is 3.13. The Hall–Kier alpha value is -0.720. The summed E-state index contributed by atoms with van der Waals surface area (Å²) in [5.74, 6) is -3.33. The number of halogens is 3. The molecule has 3 N–H and O–H groups in total. The van der Waals surface area contributed by atoms with E-state index >= 15 is 0 Å².